The molecule has 0 spiro atoms. The minimum Gasteiger partial charge on any atom is -0.463 e. The van der Waals surface area contributed by atoms with Crippen LogP contribution in [-0.2, 0) is 49.3 Å². The Hall–Kier alpha value is -3.24. The fraction of sp³-hybridized carbons (Fsp3) is 0.462. The van der Waals surface area contributed by atoms with Crippen molar-refractivity contribution >= 4 is 35.2 Å². The molecule has 1 fully saturated rings. The van der Waals surface area contributed by atoms with Crippen LogP contribution in [0.2, 0.25) is 0 Å². The predicted molar refractivity (Wildman–Crippen MR) is 129 cm³/mol. The van der Waals surface area contributed by atoms with Crippen molar-refractivity contribution in [2.45, 2.75) is 71.6 Å². The van der Waals surface area contributed by atoms with Crippen LogP contribution in [0.3, 0.4) is 0 Å². The van der Waals surface area contributed by atoms with Crippen molar-refractivity contribution in [2.24, 2.45) is 0 Å². The van der Waals surface area contributed by atoms with E-state index in [0.29, 0.717) is 12.0 Å². The fourth-order valence-corrected chi connectivity index (χ4v) is 4.88. The topological polar surface area (TPSA) is 114 Å². The van der Waals surface area contributed by atoms with Gasteiger partial charge in [0.05, 0.1) is 0 Å². The van der Waals surface area contributed by atoms with Gasteiger partial charge in [0.25, 0.3) is 0 Å². The van der Waals surface area contributed by atoms with Crippen LogP contribution in [0.4, 0.5) is 0 Å². The van der Waals surface area contributed by atoms with Crippen molar-refractivity contribution in [1.29, 1.82) is 0 Å². The first-order valence-corrected chi connectivity index (χ1v) is 12.4. The molecule has 5 atom stereocenters. The molecule has 10 heteroatoms. The molecule has 0 saturated carbocycles. The van der Waals surface area contributed by atoms with E-state index in [1.54, 1.807) is 11.3 Å². The maximum atomic E-state index is 12.1. The molecule has 0 bridgehead atoms. The molecule has 36 heavy (non-hydrogen) atoms. The van der Waals surface area contributed by atoms with E-state index in [2.05, 4.69) is 0 Å². The second kappa shape index (κ2) is 12.1. The monoisotopic (exact) mass is 518 g/mol. The largest absolute Gasteiger partial charge is 0.463 e. The number of carbonyl (C=O) groups excluding carboxylic acids is 4. The van der Waals surface area contributed by atoms with Gasteiger partial charge in [-0.05, 0) is 35.1 Å². The summed E-state index contributed by atoms with van der Waals surface area (Å²) in [5.74, 6) is -2.52. The number of aryl methyl sites for hydroxylation is 1. The molecule has 9 nitrogen and oxygen atoms in total. The number of benzene rings is 1. The lowest BCUT2D eigenvalue weighted by molar-refractivity contribution is -0.254. The Kier molecular flexibility index (Phi) is 9.22. The van der Waals surface area contributed by atoms with Crippen molar-refractivity contribution in [2.75, 3.05) is 6.61 Å². The zero-order valence-corrected chi connectivity index (χ0v) is 21.7. The molecule has 0 N–H and O–H groups in total. The second-order valence-corrected chi connectivity index (χ2v) is 9.59. The number of hydrogen-bond acceptors (Lipinski definition) is 10. The van der Waals surface area contributed by atoms with E-state index >= 15 is 0 Å². The summed E-state index contributed by atoms with van der Waals surface area (Å²) in [5.41, 5.74) is 2.78. The summed E-state index contributed by atoms with van der Waals surface area (Å²) < 4.78 is 28.0. The highest BCUT2D eigenvalue weighted by Gasteiger charge is 2.52. The van der Waals surface area contributed by atoms with Crippen LogP contribution in [0.5, 0.6) is 0 Å². The van der Waals surface area contributed by atoms with Crippen LogP contribution in [0.25, 0.3) is 0 Å². The molecule has 0 radical (unpaired) electrons. The summed E-state index contributed by atoms with van der Waals surface area (Å²) in [6.45, 7) is 6.60. The standard InChI is InChI=1S/C26H30O9S/c1-14-8-9-19(11-20(14)12-21-7-6-10-36-21)23-25(33-17(4)29)26(34-18(5)30)24(32-16(3)28)22(35-23)13-31-15(2)27/h6-11,22-26H,12-13H2,1-5H3/t22-,23+,24-,25+,26+/m1/s1. The maximum Gasteiger partial charge on any atom is 0.303 e. The van der Waals surface area contributed by atoms with Crippen molar-refractivity contribution < 1.29 is 42.9 Å². The quantitative estimate of drug-likeness (QED) is 0.383. The molecule has 194 valence electrons. The minimum atomic E-state index is -1.20. The van der Waals surface area contributed by atoms with Crippen LogP contribution >= 0.6 is 11.3 Å². The van der Waals surface area contributed by atoms with Crippen molar-refractivity contribution in [3.8, 4) is 0 Å². The number of hydrogen-bond donors (Lipinski definition) is 0. The van der Waals surface area contributed by atoms with Gasteiger partial charge in [-0.25, -0.2) is 0 Å². The minimum absolute atomic E-state index is 0.262. The summed E-state index contributed by atoms with van der Waals surface area (Å²) in [6, 6.07) is 9.76. The van der Waals surface area contributed by atoms with Crippen LogP contribution in [0.15, 0.2) is 35.7 Å². The molecule has 2 aromatic rings. The first-order valence-electron chi connectivity index (χ1n) is 11.5. The Bertz CT molecular complexity index is 1090. The zero-order valence-electron chi connectivity index (χ0n) is 20.8. The molecule has 2 heterocycles. The normalized spacial score (nSPS) is 23.4. The van der Waals surface area contributed by atoms with Crippen molar-refractivity contribution in [1.82, 2.24) is 0 Å². The van der Waals surface area contributed by atoms with Crippen molar-refractivity contribution in [3.05, 3.63) is 57.3 Å². The number of thiophene rings is 1. The molecule has 1 saturated heterocycles. The Morgan fingerprint density at radius 3 is 2.08 bits per heavy atom. The van der Waals surface area contributed by atoms with Gasteiger partial charge in [-0.2, -0.15) is 0 Å². The summed E-state index contributed by atoms with van der Waals surface area (Å²) in [5, 5.41) is 2.01. The van der Waals surface area contributed by atoms with Gasteiger partial charge in [0.15, 0.2) is 18.3 Å². The lowest BCUT2D eigenvalue weighted by Gasteiger charge is -2.44. The van der Waals surface area contributed by atoms with Crippen LogP contribution in [0, 0.1) is 6.92 Å². The third-order valence-electron chi connectivity index (χ3n) is 5.64. The molecule has 3 rings (SSSR count). The Morgan fingerprint density at radius 1 is 0.861 bits per heavy atom. The third-order valence-corrected chi connectivity index (χ3v) is 6.51. The maximum absolute atomic E-state index is 12.1. The Morgan fingerprint density at radius 2 is 1.50 bits per heavy atom. The highest BCUT2D eigenvalue weighted by molar-refractivity contribution is 7.09. The van der Waals surface area contributed by atoms with Gasteiger partial charge < -0.3 is 23.7 Å². The van der Waals surface area contributed by atoms with Gasteiger partial charge in [-0.1, -0.05) is 24.3 Å². The van der Waals surface area contributed by atoms with Crippen molar-refractivity contribution in [3.63, 3.8) is 0 Å². The fourth-order valence-electron chi connectivity index (χ4n) is 4.16. The van der Waals surface area contributed by atoms with Crippen LogP contribution < -0.4 is 0 Å². The number of carbonyl (C=O) groups is 4. The highest BCUT2D eigenvalue weighted by atomic mass is 32.1. The lowest BCUT2D eigenvalue weighted by atomic mass is 9.88. The third kappa shape index (κ3) is 7.14. The lowest BCUT2D eigenvalue weighted by Crippen LogP contribution is -2.59. The average Bonchev–Trinajstić information content (AvgIpc) is 3.29. The molecule has 0 aliphatic carbocycles. The van der Waals surface area contributed by atoms with Gasteiger partial charge in [-0.15, -0.1) is 11.3 Å². The van der Waals surface area contributed by atoms with E-state index in [1.807, 2.05) is 42.6 Å². The van der Waals surface area contributed by atoms with Crippen LogP contribution in [0.1, 0.15) is 55.4 Å². The smallest absolute Gasteiger partial charge is 0.303 e. The summed E-state index contributed by atoms with van der Waals surface area (Å²) in [7, 11) is 0. The number of esters is 4. The Labute approximate surface area is 213 Å². The molecular formula is C26H30O9S. The van der Waals surface area contributed by atoms with Gasteiger partial charge >= 0.3 is 23.9 Å². The summed E-state index contributed by atoms with van der Waals surface area (Å²) in [4.78, 5) is 48.7. The van der Waals surface area contributed by atoms with E-state index in [1.165, 1.54) is 32.6 Å². The van der Waals surface area contributed by atoms with Gasteiger partial charge in [0.1, 0.15) is 18.8 Å². The summed E-state index contributed by atoms with van der Waals surface area (Å²) in [6.07, 6.45) is -4.68. The van der Waals surface area contributed by atoms with Gasteiger partial charge in [0.2, 0.25) is 0 Å². The molecular weight excluding hydrogens is 488 g/mol. The predicted octanol–water partition coefficient (Wildman–Crippen LogP) is 3.45. The molecule has 1 aliphatic rings. The van der Waals surface area contributed by atoms with Gasteiger partial charge in [0, 0.05) is 39.0 Å². The van der Waals surface area contributed by atoms with Gasteiger partial charge in [-0.3, -0.25) is 19.2 Å². The second-order valence-electron chi connectivity index (χ2n) is 8.56. The first kappa shape index (κ1) is 27.3. The average molecular weight is 519 g/mol. The van der Waals surface area contributed by atoms with E-state index in [-0.39, 0.29) is 6.61 Å². The SMILES string of the molecule is CC(=O)OC[C@H]1O[C@@H](c2ccc(C)c(Cc3cccs3)c2)[C@H](OC(C)=O)[C@@H](OC(C)=O)[C@@H]1OC(C)=O. The molecule has 0 unspecified atom stereocenters. The zero-order chi connectivity index (χ0) is 26.4. The summed E-state index contributed by atoms with van der Waals surface area (Å²) >= 11 is 1.64. The van der Waals surface area contributed by atoms with E-state index in [4.69, 9.17) is 23.7 Å². The molecule has 0 amide bonds. The highest BCUT2D eigenvalue weighted by Crippen LogP contribution is 2.38. The van der Waals surface area contributed by atoms with E-state index in [0.717, 1.165) is 11.1 Å². The molecule has 1 aromatic heterocycles. The number of rotatable bonds is 8. The van der Waals surface area contributed by atoms with E-state index in [9.17, 15) is 19.2 Å². The first-order chi connectivity index (χ1) is 17.0. The van der Waals surface area contributed by atoms with E-state index < -0.39 is 54.4 Å². The number of ether oxygens (including phenoxy) is 5. The Balaban J connectivity index is 2.06. The van der Waals surface area contributed by atoms with Crippen LogP contribution in [-0.4, -0.2) is 54.9 Å². The molecule has 1 aliphatic heterocycles. The molecule has 1 aromatic carbocycles.